The number of aromatic nitrogens is 2. The Labute approximate surface area is 140 Å². The number of nitrogens with zero attached hydrogens (tertiary/aromatic N) is 2. The minimum atomic E-state index is -0.414. The van der Waals surface area contributed by atoms with Gasteiger partial charge in [0.2, 0.25) is 0 Å². The summed E-state index contributed by atoms with van der Waals surface area (Å²) in [6.45, 7) is 1.66. The number of halogens is 1. The average molecular weight is 323 g/mol. The normalized spacial score (nSPS) is 12.0. The third kappa shape index (κ3) is 3.20. The second kappa shape index (κ2) is 6.66. The zero-order valence-corrected chi connectivity index (χ0v) is 13.5. The number of nitrogens with one attached hydrogen (secondary N) is 1. The molecule has 0 fully saturated rings. The van der Waals surface area contributed by atoms with Crippen LogP contribution >= 0.6 is 0 Å². The quantitative estimate of drug-likeness (QED) is 0.800. The molecule has 0 unspecified atom stereocenters. The second-order valence-corrected chi connectivity index (χ2v) is 5.68. The van der Waals surface area contributed by atoms with Crippen molar-refractivity contribution in [3.63, 3.8) is 0 Å². The van der Waals surface area contributed by atoms with Gasteiger partial charge in [-0.15, -0.1) is 0 Å². The van der Waals surface area contributed by atoms with Crippen LogP contribution in [0.2, 0.25) is 0 Å². The maximum Gasteiger partial charge on any atom is 0.252 e. The molecule has 5 heteroatoms. The number of imidazole rings is 1. The van der Waals surface area contributed by atoms with Crippen LogP contribution in [0.3, 0.4) is 0 Å². The number of carbonyl (C=O) groups is 1. The van der Waals surface area contributed by atoms with Gasteiger partial charge in [-0.1, -0.05) is 36.4 Å². The predicted molar refractivity (Wildman–Crippen MR) is 90.1 cm³/mol. The van der Waals surface area contributed by atoms with Crippen molar-refractivity contribution >= 4 is 5.91 Å². The number of aryl methyl sites for hydroxylation is 2. The van der Waals surface area contributed by atoms with Crippen molar-refractivity contribution in [3.05, 3.63) is 89.3 Å². The monoisotopic (exact) mass is 323 g/mol. The number of benzene rings is 2. The molecule has 0 saturated heterocycles. The minimum Gasteiger partial charge on any atom is -0.338 e. The molecule has 4 nitrogen and oxygen atoms in total. The standard InChI is InChI=1S/C19H18FN3O/c1-13-8-9-15(12-16(13)20)19(24)22-17(14-6-4-3-5-7-14)18-21-10-11-23(18)2/h3-12,17H,1-2H3,(H,22,24)/t17-/m1/s1. The fourth-order valence-corrected chi connectivity index (χ4v) is 2.55. The first kappa shape index (κ1) is 15.9. The molecule has 0 aliphatic carbocycles. The molecule has 1 N–H and O–H groups in total. The summed E-state index contributed by atoms with van der Waals surface area (Å²) in [7, 11) is 1.87. The van der Waals surface area contributed by atoms with Gasteiger partial charge in [0.05, 0.1) is 0 Å². The van der Waals surface area contributed by atoms with E-state index in [4.69, 9.17) is 0 Å². The molecular formula is C19H18FN3O. The van der Waals surface area contributed by atoms with Crippen LogP contribution in [-0.4, -0.2) is 15.5 Å². The van der Waals surface area contributed by atoms with Crippen LogP contribution in [0, 0.1) is 12.7 Å². The molecule has 2 aromatic carbocycles. The highest BCUT2D eigenvalue weighted by atomic mass is 19.1. The van der Waals surface area contributed by atoms with Crippen LogP contribution < -0.4 is 5.32 Å². The molecule has 3 rings (SSSR count). The van der Waals surface area contributed by atoms with Crippen LogP contribution in [0.5, 0.6) is 0 Å². The van der Waals surface area contributed by atoms with Crippen molar-refractivity contribution in [3.8, 4) is 0 Å². The molecule has 0 bridgehead atoms. The third-order valence-corrected chi connectivity index (χ3v) is 3.96. The van der Waals surface area contributed by atoms with E-state index >= 15 is 0 Å². The number of hydrogen-bond acceptors (Lipinski definition) is 2. The van der Waals surface area contributed by atoms with Crippen molar-refractivity contribution in [2.75, 3.05) is 0 Å². The molecule has 24 heavy (non-hydrogen) atoms. The van der Waals surface area contributed by atoms with Gasteiger partial charge in [0, 0.05) is 25.0 Å². The van der Waals surface area contributed by atoms with Crippen LogP contribution in [0.4, 0.5) is 4.39 Å². The molecule has 0 aliphatic rings. The van der Waals surface area contributed by atoms with Gasteiger partial charge < -0.3 is 9.88 Å². The highest BCUT2D eigenvalue weighted by Gasteiger charge is 2.21. The summed E-state index contributed by atoms with van der Waals surface area (Å²) < 4.78 is 15.6. The van der Waals surface area contributed by atoms with Crippen LogP contribution in [0.1, 0.15) is 33.4 Å². The first-order valence-corrected chi connectivity index (χ1v) is 7.65. The molecule has 1 aromatic heterocycles. The first-order chi connectivity index (χ1) is 11.6. The lowest BCUT2D eigenvalue weighted by atomic mass is 10.0. The van der Waals surface area contributed by atoms with Gasteiger partial charge >= 0.3 is 0 Å². The lowest BCUT2D eigenvalue weighted by Crippen LogP contribution is -2.31. The summed E-state index contributed by atoms with van der Waals surface area (Å²) in [5, 5.41) is 2.95. The van der Waals surface area contributed by atoms with Crippen molar-refractivity contribution in [2.45, 2.75) is 13.0 Å². The van der Waals surface area contributed by atoms with Gasteiger partial charge in [-0.3, -0.25) is 4.79 Å². The highest BCUT2D eigenvalue weighted by Crippen LogP contribution is 2.21. The molecule has 0 spiro atoms. The first-order valence-electron chi connectivity index (χ1n) is 7.65. The van der Waals surface area contributed by atoms with Gasteiger partial charge in [0.1, 0.15) is 17.7 Å². The van der Waals surface area contributed by atoms with E-state index < -0.39 is 11.9 Å². The van der Waals surface area contributed by atoms with Crippen LogP contribution in [-0.2, 0) is 7.05 Å². The Morgan fingerprint density at radius 2 is 1.96 bits per heavy atom. The van der Waals surface area contributed by atoms with Gasteiger partial charge in [-0.25, -0.2) is 9.37 Å². The molecular weight excluding hydrogens is 305 g/mol. The number of hydrogen-bond donors (Lipinski definition) is 1. The van der Waals surface area contributed by atoms with Gasteiger partial charge in [-0.2, -0.15) is 0 Å². The summed E-state index contributed by atoms with van der Waals surface area (Å²) in [5.74, 6) is -0.0243. The number of amides is 1. The Morgan fingerprint density at radius 3 is 2.58 bits per heavy atom. The third-order valence-electron chi connectivity index (χ3n) is 3.96. The summed E-state index contributed by atoms with van der Waals surface area (Å²) in [5.41, 5.74) is 1.70. The smallest absolute Gasteiger partial charge is 0.252 e. The van der Waals surface area contributed by atoms with Gasteiger partial charge in [0.15, 0.2) is 0 Å². The van der Waals surface area contributed by atoms with E-state index in [1.165, 1.54) is 6.07 Å². The average Bonchev–Trinajstić information content (AvgIpc) is 3.01. The highest BCUT2D eigenvalue weighted by molar-refractivity contribution is 5.94. The van der Waals surface area contributed by atoms with Crippen LogP contribution in [0.25, 0.3) is 0 Å². The topological polar surface area (TPSA) is 46.9 Å². The van der Waals surface area contributed by atoms with E-state index in [0.717, 1.165) is 5.56 Å². The molecule has 0 aliphatic heterocycles. The van der Waals surface area contributed by atoms with Gasteiger partial charge in [-0.05, 0) is 30.2 Å². The molecule has 1 atom stereocenters. The van der Waals surface area contributed by atoms with Crippen LogP contribution in [0.15, 0.2) is 60.9 Å². The van der Waals surface area contributed by atoms with E-state index in [0.29, 0.717) is 11.4 Å². The summed E-state index contributed by atoms with van der Waals surface area (Å²) in [6, 6.07) is 13.6. The Morgan fingerprint density at radius 1 is 1.21 bits per heavy atom. The molecule has 1 heterocycles. The SMILES string of the molecule is Cc1ccc(C(=O)N[C@H](c2ccccc2)c2nccn2C)cc1F. The molecule has 3 aromatic rings. The second-order valence-electron chi connectivity index (χ2n) is 5.68. The molecule has 1 amide bonds. The van der Waals surface area contributed by atoms with Crippen molar-refractivity contribution in [1.29, 1.82) is 0 Å². The predicted octanol–water partition coefficient (Wildman–Crippen LogP) is 3.39. The maximum absolute atomic E-state index is 13.7. The maximum atomic E-state index is 13.7. The summed E-state index contributed by atoms with van der Waals surface area (Å²) in [4.78, 5) is 16.9. The Hall–Kier alpha value is -2.95. The fraction of sp³-hybridized carbons (Fsp3) is 0.158. The minimum absolute atomic E-state index is 0.285. The lowest BCUT2D eigenvalue weighted by Gasteiger charge is -2.19. The largest absolute Gasteiger partial charge is 0.338 e. The Bertz CT molecular complexity index is 858. The molecule has 0 radical (unpaired) electrons. The summed E-state index contributed by atoms with van der Waals surface area (Å²) in [6.07, 6.45) is 3.51. The van der Waals surface area contributed by atoms with E-state index in [1.54, 1.807) is 25.3 Å². The van der Waals surface area contributed by atoms with E-state index in [9.17, 15) is 9.18 Å². The zero-order chi connectivity index (χ0) is 17.1. The zero-order valence-electron chi connectivity index (χ0n) is 13.5. The number of carbonyl (C=O) groups excluding carboxylic acids is 1. The summed E-state index contributed by atoms with van der Waals surface area (Å²) >= 11 is 0. The van der Waals surface area contributed by atoms with E-state index in [1.807, 2.05) is 48.1 Å². The van der Waals surface area contributed by atoms with Crippen molar-refractivity contribution < 1.29 is 9.18 Å². The molecule has 0 saturated carbocycles. The molecule has 122 valence electrons. The fourth-order valence-electron chi connectivity index (χ4n) is 2.55. The Balaban J connectivity index is 1.93. The lowest BCUT2D eigenvalue weighted by molar-refractivity contribution is 0.0940. The van der Waals surface area contributed by atoms with Crippen molar-refractivity contribution in [1.82, 2.24) is 14.9 Å². The Kier molecular flexibility index (Phi) is 4.42. The van der Waals surface area contributed by atoms with E-state index in [-0.39, 0.29) is 11.5 Å². The van der Waals surface area contributed by atoms with E-state index in [2.05, 4.69) is 10.3 Å². The van der Waals surface area contributed by atoms with Crippen molar-refractivity contribution in [2.24, 2.45) is 7.05 Å². The van der Waals surface area contributed by atoms with Gasteiger partial charge in [0.25, 0.3) is 5.91 Å². The number of rotatable bonds is 4.